The Morgan fingerprint density at radius 3 is 2.30 bits per heavy atom. The van der Waals surface area contributed by atoms with Crippen LogP contribution >= 0.6 is 0 Å². The molecule has 0 aliphatic carbocycles. The molecule has 144 valence electrons. The molecule has 6 heteroatoms. The van der Waals surface area contributed by atoms with E-state index in [1.54, 1.807) is 30.2 Å². The fourth-order valence-electron chi connectivity index (χ4n) is 2.91. The summed E-state index contributed by atoms with van der Waals surface area (Å²) in [7, 11) is 1.57. The van der Waals surface area contributed by atoms with Gasteiger partial charge in [-0.25, -0.2) is 0 Å². The normalized spacial score (nSPS) is 11.4. The van der Waals surface area contributed by atoms with E-state index in [1.807, 2.05) is 44.2 Å². The Kier molecular flexibility index (Phi) is 7.23. The van der Waals surface area contributed by atoms with Crippen LogP contribution in [0.15, 0.2) is 48.5 Å². The zero-order valence-electron chi connectivity index (χ0n) is 16.3. The number of anilines is 2. The lowest BCUT2D eigenvalue weighted by Gasteiger charge is -2.27. The van der Waals surface area contributed by atoms with Gasteiger partial charge in [-0.1, -0.05) is 30.3 Å². The van der Waals surface area contributed by atoms with Crippen molar-refractivity contribution in [1.29, 1.82) is 0 Å². The number of carbonyl (C=O) groups excluding carboxylic acids is 2. The van der Waals surface area contributed by atoms with E-state index in [9.17, 15) is 9.59 Å². The van der Waals surface area contributed by atoms with E-state index >= 15 is 0 Å². The maximum absolute atomic E-state index is 13.1. The van der Waals surface area contributed by atoms with Crippen molar-refractivity contribution in [2.24, 2.45) is 0 Å². The number of nitrogens with zero attached hydrogens (tertiary/aromatic N) is 1. The number of carbonyl (C=O) groups is 2. The molecule has 0 aliphatic heterocycles. The lowest BCUT2D eigenvalue weighted by atomic mass is 10.0. The third-order valence-corrected chi connectivity index (χ3v) is 4.27. The van der Waals surface area contributed by atoms with Crippen LogP contribution in [0.1, 0.15) is 32.4 Å². The Morgan fingerprint density at radius 2 is 1.74 bits per heavy atom. The lowest BCUT2D eigenvalue weighted by Crippen LogP contribution is -2.37. The smallest absolute Gasteiger partial charge is 0.249 e. The standard InChI is InChI=1S/C21H27N3O3/c1-5-24(6-2)21(26)20(16-10-8-7-9-11-16)23-18-14-17(22-15(3)25)12-13-19(18)27-4/h7-14,20,23H,5-6H2,1-4H3,(H,22,25)/t20-/m0/s1. The Bertz CT molecular complexity index is 773. The van der Waals surface area contributed by atoms with E-state index in [0.29, 0.717) is 30.2 Å². The molecule has 0 fully saturated rings. The number of nitrogens with one attached hydrogen (secondary N) is 2. The molecule has 2 N–H and O–H groups in total. The molecule has 0 bridgehead atoms. The highest BCUT2D eigenvalue weighted by molar-refractivity contribution is 5.90. The monoisotopic (exact) mass is 369 g/mol. The van der Waals surface area contributed by atoms with Crippen LogP contribution in [0.3, 0.4) is 0 Å². The SMILES string of the molecule is CCN(CC)C(=O)[C@@H](Nc1cc(NC(C)=O)ccc1OC)c1ccccc1. The number of ether oxygens (including phenoxy) is 1. The topological polar surface area (TPSA) is 70.7 Å². The molecule has 0 heterocycles. The van der Waals surface area contributed by atoms with E-state index in [1.165, 1.54) is 6.92 Å². The minimum Gasteiger partial charge on any atom is -0.495 e. The van der Waals surface area contributed by atoms with Gasteiger partial charge in [0.15, 0.2) is 0 Å². The van der Waals surface area contributed by atoms with Crippen LogP contribution in [0.4, 0.5) is 11.4 Å². The zero-order valence-corrected chi connectivity index (χ0v) is 16.3. The summed E-state index contributed by atoms with van der Waals surface area (Å²) in [4.78, 5) is 26.3. The van der Waals surface area contributed by atoms with Crippen LogP contribution in [-0.4, -0.2) is 36.9 Å². The molecule has 0 aromatic heterocycles. The molecule has 2 rings (SSSR count). The van der Waals surface area contributed by atoms with Gasteiger partial charge >= 0.3 is 0 Å². The maximum Gasteiger partial charge on any atom is 0.249 e. The Morgan fingerprint density at radius 1 is 1.07 bits per heavy atom. The van der Waals surface area contributed by atoms with Gasteiger partial charge in [0, 0.05) is 25.7 Å². The largest absolute Gasteiger partial charge is 0.495 e. The number of hydrogen-bond acceptors (Lipinski definition) is 4. The average molecular weight is 369 g/mol. The van der Waals surface area contributed by atoms with Gasteiger partial charge in [-0.3, -0.25) is 9.59 Å². The molecule has 0 unspecified atom stereocenters. The molecule has 0 aliphatic rings. The molecule has 0 radical (unpaired) electrons. The summed E-state index contributed by atoms with van der Waals surface area (Å²) >= 11 is 0. The molecule has 0 saturated heterocycles. The summed E-state index contributed by atoms with van der Waals surface area (Å²) in [6.07, 6.45) is 0. The predicted molar refractivity (Wildman–Crippen MR) is 108 cm³/mol. The Labute approximate surface area is 160 Å². The van der Waals surface area contributed by atoms with Crippen LogP contribution < -0.4 is 15.4 Å². The molecular formula is C21H27N3O3. The third kappa shape index (κ3) is 5.23. The van der Waals surface area contributed by atoms with E-state index in [4.69, 9.17) is 4.74 Å². The minimum absolute atomic E-state index is 0.0156. The first-order chi connectivity index (χ1) is 13.0. The number of methoxy groups -OCH3 is 1. The summed E-state index contributed by atoms with van der Waals surface area (Å²) in [5, 5.41) is 6.06. The van der Waals surface area contributed by atoms with Crippen molar-refractivity contribution in [3.8, 4) is 5.75 Å². The van der Waals surface area contributed by atoms with E-state index in [2.05, 4.69) is 10.6 Å². The van der Waals surface area contributed by atoms with Crippen molar-refractivity contribution in [3.05, 3.63) is 54.1 Å². The van der Waals surface area contributed by atoms with Crippen molar-refractivity contribution in [2.45, 2.75) is 26.8 Å². The number of amides is 2. The summed E-state index contributed by atoms with van der Waals surface area (Å²) in [5.41, 5.74) is 2.13. The number of rotatable bonds is 8. The fraction of sp³-hybridized carbons (Fsp3) is 0.333. The second-order valence-corrected chi connectivity index (χ2v) is 6.09. The molecule has 0 saturated carbocycles. The van der Waals surface area contributed by atoms with Crippen LogP contribution in [-0.2, 0) is 9.59 Å². The van der Waals surface area contributed by atoms with E-state index < -0.39 is 6.04 Å². The van der Waals surface area contributed by atoms with Crippen molar-refractivity contribution in [3.63, 3.8) is 0 Å². The Hall–Kier alpha value is -3.02. The summed E-state index contributed by atoms with van der Waals surface area (Å²) in [6.45, 7) is 6.63. The molecule has 6 nitrogen and oxygen atoms in total. The van der Waals surface area contributed by atoms with Crippen LogP contribution in [0.5, 0.6) is 5.75 Å². The van der Waals surface area contributed by atoms with Gasteiger partial charge in [0.2, 0.25) is 11.8 Å². The first kappa shape index (κ1) is 20.3. The lowest BCUT2D eigenvalue weighted by molar-refractivity contribution is -0.131. The van der Waals surface area contributed by atoms with Gasteiger partial charge in [-0.2, -0.15) is 0 Å². The molecule has 2 aromatic rings. The first-order valence-corrected chi connectivity index (χ1v) is 9.06. The van der Waals surface area contributed by atoms with Gasteiger partial charge in [0.1, 0.15) is 11.8 Å². The van der Waals surface area contributed by atoms with Crippen LogP contribution in [0.2, 0.25) is 0 Å². The summed E-state index contributed by atoms with van der Waals surface area (Å²) in [5.74, 6) is 0.417. The average Bonchev–Trinajstić information content (AvgIpc) is 2.67. The highest BCUT2D eigenvalue weighted by Gasteiger charge is 2.25. The van der Waals surface area contributed by atoms with Gasteiger partial charge in [-0.15, -0.1) is 0 Å². The van der Waals surface area contributed by atoms with Crippen molar-refractivity contribution < 1.29 is 14.3 Å². The molecule has 0 spiro atoms. The first-order valence-electron chi connectivity index (χ1n) is 9.06. The van der Waals surface area contributed by atoms with Gasteiger partial charge in [0.05, 0.1) is 12.8 Å². The highest BCUT2D eigenvalue weighted by atomic mass is 16.5. The molecule has 1 atom stereocenters. The highest BCUT2D eigenvalue weighted by Crippen LogP contribution is 2.32. The number of benzene rings is 2. The molecule has 27 heavy (non-hydrogen) atoms. The van der Waals surface area contributed by atoms with Crippen molar-refractivity contribution in [1.82, 2.24) is 4.90 Å². The van der Waals surface area contributed by atoms with Gasteiger partial charge in [0.25, 0.3) is 0 Å². The third-order valence-electron chi connectivity index (χ3n) is 4.27. The van der Waals surface area contributed by atoms with E-state index in [-0.39, 0.29) is 11.8 Å². The van der Waals surface area contributed by atoms with Crippen LogP contribution in [0.25, 0.3) is 0 Å². The van der Waals surface area contributed by atoms with Gasteiger partial charge in [-0.05, 0) is 37.6 Å². The zero-order chi connectivity index (χ0) is 19.8. The summed E-state index contributed by atoms with van der Waals surface area (Å²) < 4.78 is 5.43. The number of likely N-dealkylation sites (N-methyl/N-ethyl adjacent to an activating group) is 1. The molecule has 2 aromatic carbocycles. The maximum atomic E-state index is 13.1. The van der Waals surface area contributed by atoms with Crippen molar-refractivity contribution in [2.75, 3.05) is 30.8 Å². The quantitative estimate of drug-likeness (QED) is 0.745. The van der Waals surface area contributed by atoms with E-state index in [0.717, 1.165) is 5.56 Å². The second kappa shape index (κ2) is 9.62. The fourth-order valence-corrected chi connectivity index (χ4v) is 2.91. The van der Waals surface area contributed by atoms with Crippen molar-refractivity contribution >= 4 is 23.2 Å². The Balaban J connectivity index is 2.42. The van der Waals surface area contributed by atoms with Gasteiger partial charge < -0.3 is 20.3 Å². The minimum atomic E-state index is -0.562. The summed E-state index contributed by atoms with van der Waals surface area (Å²) in [6, 6.07) is 14.3. The molecular weight excluding hydrogens is 342 g/mol. The number of hydrogen-bond donors (Lipinski definition) is 2. The second-order valence-electron chi connectivity index (χ2n) is 6.09. The van der Waals surface area contributed by atoms with Crippen LogP contribution in [0, 0.1) is 0 Å². The predicted octanol–water partition coefficient (Wildman–Crippen LogP) is 3.68. The molecule has 2 amide bonds.